The van der Waals surface area contributed by atoms with Gasteiger partial charge in [0.2, 0.25) is 0 Å². The zero-order valence-corrected chi connectivity index (χ0v) is 25.6. The van der Waals surface area contributed by atoms with Crippen molar-refractivity contribution in [3.8, 4) is 0 Å². The Kier molecular flexibility index (Phi) is 10.2. The summed E-state index contributed by atoms with van der Waals surface area (Å²) < 4.78 is 6.90. The van der Waals surface area contributed by atoms with Crippen LogP contribution in [0.15, 0.2) is 12.0 Å². The first-order chi connectivity index (χ1) is 15.9. The summed E-state index contributed by atoms with van der Waals surface area (Å²) in [6.07, 6.45) is 5.78. The van der Waals surface area contributed by atoms with E-state index >= 15 is 0 Å². The second-order valence-corrected chi connectivity index (χ2v) is 14.3. The van der Waals surface area contributed by atoms with Gasteiger partial charge in [0.1, 0.15) is 11.9 Å². The van der Waals surface area contributed by atoms with Crippen molar-refractivity contribution in [2.45, 2.75) is 116 Å². The first-order valence-corrected chi connectivity index (χ1v) is 13.9. The van der Waals surface area contributed by atoms with Crippen LogP contribution in [-0.2, 0) is 4.74 Å². The van der Waals surface area contributed by atoms with Crippen molar-refractivity contribution in [3.63, 3.8) is 0 Å². The van der Waals surface area contributed by atoms with Crippen molar-refractivity contribution in [1.82, 2.24) is 24.5 Å². The molecule has 0 saturated carbocycles. The van der Waals surface area contributed by atoms with Crippen LogP contribution in [0.25, 0.3) is 0 Å². The maximum absolute atomic E-state index is 6.90. The summed E-state index contributed by atoms with van der Waals surface area (Å²) in [6, 6.07) is 0.833. The largest absolute Gasteiger partial charge is 0.490 e. The first-order valence-electron chi connectivity index (χ1n) is 13.9. The molecule has 6 heteroatoms. The molecule has 0 bridgehead atoms. The van der Waals surface area contributed by atoms with Gasteiger partial charge in [-0.3, -0.25) is 9.80 Å². The lowest BCUT2D eigenvalue weighted by Crippen LogP contribution is -2.57. The van der Waals surface area contributed by atoms with E-state index in [9.17, 15) is 0 Å². The minimum absolute atomic E-state index is 0.0698. The standard InChI is InChI=1S/C29H59N5O/c1-27(2,3)32(13)18-15-23(30(10)11)19-24-20-34(29(7,8)9)22-26(35-24)25-21-33(28(4,5)6)17-14-16-31(25)12/h20,23,25-26H,14-19,21-22H2,1-13H3. The first kappa shape index (κ1) is 30.4. The van der Waals surface area contributed by atoms with Crippen molar-refractivity contribution in [1.29, 1.82) is 0 Å². The fourth-order valence-corrected chi connectivity index (χ4v) is 5.05. The van der Waals surface area contributed by atoms with E-state index in [-0.39, 0.29) is 22.7 Å². The molecule has 6 nitrogen and oxygen atoms in total. The van der Waals surface area contributed by atoms with E-state index < -0.39 is 0 Å². The van der Waals surface area contributed by atoms with Gasteiger partial charge in [0, 0.05) is 41.8 Å². The molecule has 1 saturated heterocycles. The SMILES string of the molecule is CN(C)C(CCN(C)C(C)(C)C)CC1=CN(C(C)(C)C)CC(C2CN(C(C)(C)C)CCCN2C)O1. The predicted octanol–water partition coefficient (Wildman–Crippen LogP) is 4.57. The van der Waals surface area contributed by atoms with Crippen molar-refractivity contribution in [2.24, 2.45) is 0 Å². The van der Waals surface area contributed by atoms with Crippen LogP contribution < -0.4 is 0 Å². The molecule has 0 radical (unpaired) electrons. The van der Waals surface area contributed by atoms with Gasteiger partial charge in [0.05, 0.1) is 12.6 Å². The number of ether oxygens (including phenoxy) is 1. The molecule has 0 aliphatic carbocycles. The minimum atomic E-state index is 0.0698. The molecule has 206 valence electrons. The molecule has 35 heavy (non-hydrogen) atoms. The summed E-state index contributed by atoms with van der Waals surface area (Å²) in [5, 5.41) is 0. The molecule has 3 unspecified atom stereocenters. The fourth-order valence-electron chi connectivity index (χ4n) is 5.05. The molecule has 2 aliphatic heterocycles. The summed E-state index contributed by atoms with van der Waals surface area (Å²) in [6.45, 7) is 26.3. The lowest BCUT2D eigenvalue weighted by molar-refractivity contribution is -0.0354. The monoisotopic (exact) mass is 493 g/mol. The zero-order valence-electron chi connectivity index (χ0n) is 25.6. The van der Waals surface area contributed by atoms with Crippen molar-refractivity contribution >= 4 is 0 Å². The van der Waals surface area contributed by atoms with Gasteiger partial charge in [0.15, 0.2) is 0 Å². The maximum atomic E-state index is 6.90. The highest BCUT2D eigenvalue weighted by molar-refractivity contribution is 5.07. The van der Waals surface area contributed by atoms with E-state index in [1.54, 1.807) is 0 Å². The molecule has 1 fully saturated rings. The number of hydrogen-bond donors (Lipinski definition) is 0. The molecule has 0 amide bonds. The van der Waals surface area contributed by atoms with Crippen LogP contribution in [0.5, 0.6) is 0 Å². The van der Waals surface area contributed by atoms with Gasteiger partial charge in [-0.1, -0.05) is 0 Å². The van der Waals surface area contributed by atoms with Gasteiger partial charge in [-0.25, -0.2) is 0 Å². The molecule has 3 atom stereocenters. The van der Waals surface area contributed by atoms with Crippen molar-refractivity contribution < 1.29 is 4.74 Å². The number of likely N-dealkylation sites (N-methyl/N-ethyl adjacent to an activating group) is 1. The Morgan fingerprint density at radius 2 is 1.57 bits per heavy atom. The van der Waals surface area contributed by atoms with E-state index in [4.69, 9.17) is 4.74 Å². The lowest BCUT2D eigenvalue weighted by atomic mass is 9.98. The number of nitrogens with zero attached hydrogens (tertiary/aromatic N) is 5. The van der Waals surface area contributed by atoms with Crippen LogP contribution in [-0.4, -0.2) is 120 Å². The van der Waals surface area contributed by atoms with Gasteiger partial charge in [-0.2, -0.15) is 0 Å². The second kappa shape index (κ2) is 11.7. The van der Waals surface area contributed by atoms with Crippen LogP contribution in [0.3, 0.4) is 0 Å². The molecule has 2 aliphatic rings. The molecule has 0 aromatic carbocycles. The van der Waals surface area contributed by atoms with E-state index in [2.05, 4.69) is 121 Å². The second-order valence-electron chi connectivity index (χ2n) is 14.3. The van der Waals surface area contributed by atoms with Gasteiger partial charge in [0.25, 0.3) is 0 Å². The predicted molar refractivity (Wildman–Crippen MR) is 151 cm³/mol. The van der Waals surface area contributed by atoms with Gasteiger partial charge < -0.3 is 19.4 Å². The topological polar surface area (TPSA) is 25.4 Å². The Morgan fingerprint density at radius 3 is 2.09 bits per heavy atom. The third-order valence-corrected chi connectivity index (χ3v) is 8.24. The summed E-state index contributed by atoms with van der Waals surface area (Å²) in [7, 11) is 8.96. The number of hydrogen-bond acceptors (Lipinski definition) is 6. The highest BCUT2D eigenvalue weighted by Gasteiger charge is 2.39. The molecule has 0 N–H and O–H groups in total. The van der Waals surface area contributed by atoms with Crippen LogP contribution in [0.4, 0.5) is 0 Å². The smallest absolute Gasteiger partial charge is 0.132 e. The van der Waals surface area contributed by atoms with Crippen molar-refractivity contribution in [3.05, 3.63) is 12.0 Å². The lowest BCUT2D eigenvalue weighted by Gasteiger charge is -2.46. The van der Waals surface area contributed by atoms with Crippen LogP contribution >= 0.6 is 0 Å². The third-order valence-electron chi connectivity index (χ3n) is 8.24. The molecular weight excluding hydrogens is 434 g/mol. The highest BCUT2D eigenvalue weighted by atomic mass is 16.5. The Balaban J connectivity index is 2.24. The Hall–Kier alpha value is -0.820. The van der Waals surface area contributed by atoms with E-state index in [1.807, 2.05) is 0 Å². The molecule has 0 spiro atoms. The average Bonchev–Trinajstić information content (AvgIpc) is 2.90. The van der Waals surface area contributed by atoms with Gasteiger partial charge >= 0.3 is 0 Å². The Morgan fingerprint density at radius 1 is 0.943 bits per heavy atom. The summed E-state index contributed by atoms with van der Waals surface area (Å²) >= 11 is 0. The molecule has 2 rings (SSSR count). The van der Waals surface area contributed by atoms with Crippen LogP contribution in [0, 0.1) is 0 Å². The maximum Gasteiger partial charge on any atom is 0.132 e. The molecular formula is C29H59N5O. The highest BCUT2D eigenvalue weighted by Crippen LogP contribution is 2.30. The van der Waals surface area contributed by atoms with Gasteiger partial charge in [-0.15, -0.1) is 0 Å². The minimum Gasteiger partial charge on any atom is -0.490 e. The van der Waals surface area contributed by atoms with E-state index in [1.165, 1.54) is 6.42 Å². The van der Waals surface area contributed by atoms with Crippen LogP contribution in [0.1, 0.15) is 81.6 Å². The van der Waals surface area contributed by atoms with Crippen LogP contribution in [0.2, 0.25) is 0 Å². The molecule has 0 aromatic heterocycles. The summed E-state index contributed by atoms with van der Waals surface area (Å²) in [5.74, 6) is 1.15. The number of rotatable bonds is 7. The Labute approximate surface area is 218 Å². The summed E-state index contributed by atoms with van der Waals surface area (Å²) in [4.78, 5) is 12.6. The molecule has 0 aromatic rings. The summed E-state index contributed by atoms with van der Waals surface area (Å²) in [5.41, 5.74) is 0.435. The third kappa shape index (κ3) is 8.91. The Bertz CT molecular complexity index is 685. The van der Waals surface area contributed by atoms with Crippen molar-refractivity contribution in [2.75, 3.05) is 60.9 Å². The normalized spacial score (nSPS) is 25.0. The fraction of sp³-hybridized carbons (Fsp3) is 0.931. The van der Waals surface area contributed by atoms with E-state index in [0.29, 0.717) is 12.1 Å². The zero-order chi connectivity index (χ0) is 26.8. The van der Waals surface area contributed by atoms with Gasteiger partial charge in [-0.05, 0) is 123 Å². The van der Waals surface area contributed by atoms with E-state index in [0.717, 1.165) is 51.3 Å². The average molecular weight is 494 g/mol. The molecule has 2 heterocycles. The quantitative estimate of drug-likeness (QED) is 0.515.